The summed E-state index contributed by atoms with van der Waals surface area (Å²) in [4.78, 5) is 17.4. The average molecular weight is 331 g/mol. The fraction of sp³-hybridized carbons (Fsp3) is 0.438. The zero-order valence-corrected chi connectivity index (χ0v) is 13.6. The molecular weight excluding hydrogens is 310 g/mol. The van der Waals surface area contributed by atoms with Gasteiger partial charge in [0.05, 0.1) is 6.61 Å². The van der Waals surface area contributed by atoms with Gasteiger partial charge < -0.3 is 15.2 Å². The molecule has 3 rings (SSSR count). The molecule has 1 aromatic carbocycles. The monoisotopic (exact) mass is 331 g/mol. The molecule has 1 amide bonds. The number of nitrogens with two attached hydrogens (primary N) is 1. The van der Waals surface area contributed by atoms with Crippen LogP contribution in [0.25, 0.3) is 0 Å². The van der Waals surface area contributed by atoms with E-state index in [9.17, 15) is 4.79 Å². The van der Waals surface area contributed by atoms with Gasteiger partial charge in [-0.25, -0.2) is 4.98 Å². The van der Waals surface area contributed by atoms with E-state index in [1.165, 1.54) is 0 Å². The molecule has 1 aliphatic heterocycles. The Morgan fingerprint density at radius 1 is 1.54 bits per heavy atom. The average Bonchev–Trinajstić information content (AvgIpc) is 3.00. The van der Waals surface area contributed by atoms with Gasteiger partial charge in [0.25, 0.3) is 5.91 Å². The van der Waals surface area contributed by atoms with Gasteiger partial charge in [-0.15, -0.1) is 0 Å². The number of nitrogens with zero attached hydrogens (tertiary/aromatic N) is 3. The summed E-state index contributed by atoms with van der Waals surface area (Å²) in [6.45, 7) is 4.71. The summed E-state index contributed by atoms with van der Waals surface area (Å²) in [5, 5.41) is 7.03. The second-order valence-corrected chi connectivity index (χ2v) is 5.78. The number of benzene rings is 1. The molecule has 0 aliphatic carbocycles. The lowest BCUT2D eigenvalue weighted by atomic mass is 10.1. The number of ether oxygens (including phenoxy) is 2. The van der Waals surface area contributed by atoms with Gasteiger partial charge in [-0.2, -0.15) is 5.10 Å². The third-order valence-electron chi connectivity index (χ3n) is 3.74. The van der Waals surface area contributed by atoms with Crippen LogP contribution in [0.4, 0.5) is 0 Å². The molecule has 1 unspecified atom stereocenters. The van der Waals surface area contributed by atoms with Crippen LogP contribution < -0.4 is 10.5 Å². The Morgan fingerprint density at radius 3 is 3.17 bits per heavy atom. The van der Waals surface area contributed by atoms with Crippen molar-refractivity contribution < 1.29 is 14.3 Å². The normalized spacial score (nSPS) is 18.5. The molecule has 0 saturated carbocycles. The van der Waals surface area contributed by atoms with Crippen LogP contribution in [0.1, 0.15) is 23.3 Å². The predicted molar refractivity (Wildman–Crippen MR) is 86.2 cm³/mol. The molecule has 1 aliphatic rings. The van der Waals surface area contributed by atoms with Gasteiger partial charge in [-0.05, 0) is 24.6 Å². The highest BCUT2D eigenvalue weighted by Gasteiger charge is 2.25. The maximum absolute atomic E-state index is 10.8. The fourth-order valence-corrected chi connectivity index (χ4v) is 2.65. The highest BCUT2D eigenvalue weighted by molar-refractivity contribution is 5.75. The summed E-state index contributed by atoms with van der Waals surface area (Å²) >= 11 is 0. The van der Waals surface area contributed by atoms with Crippen molar-refractivity contribution in [2.24, 2.45) is 5.73 Å². The third-order valence-corrected chi connectivity index (χ3v) is 3.74. The van der Waals surface area contributed by atoms with E-state index >= 15 is 0 Å². The molecule has 2 heterocycles. The number of carbonyl (C=O) groups excluding carboxylic acids is 1. The van der Waals surface area contributed by atoms with Crippen molar-refractivity contribution in [3.05, 3.63) is 41.5 Å². The van der Waals surface area contributed by atoms with E-state index in [-0.39, 0.29) is 12.7 Å². The number of nitrogens with one attached hydrogen (secondary N) is 1. The van der Waals surface area contributed by atoms with Crippen LogP contribution in [-0.4, -0.2) is 52.3 Å². The molecule has 1 saturated heterocycles. The minimum absolute atomic E-state index is 0.118. The summed E-state index contributed by atoms with van der Waals surface area (Å²) in [6, 6.07) is 7.66. The second-order valence-electron chi connectivity index (χ2n) is 5.78. The first kappa shape index (κ1) is 16.4. The zero-order chi connectivity index (χ0) is 16.9. The highest BCUT2D eigenvalue weighted by Crippen LogP contribution is 2.21. The Kier molecular flexibility index (Phi) is 5.07. The molecular formula is C16H21N5O3. The number of primary amides is 1. The minimum atomic E-state index is -0.488. The number of aromatic nitrogens is 3. The molecule has 1 aromatic heterocycles. The van der Waals surface area contributed by atoms with E-state index in [0.717, 1.165) is 31.0 Å². The van der Waals surface area contributed by atoms with Gasteiger partial charge in [0, 0.05) is 19.6 Å². The van der Waals surface area contributed by atoms with Crippen LogP contribution in [0.15, 0.2) is 24.3 Å². The predicted octanol–water partition coefficient (Wildman–Crippen LogP) is 0.551. The van der Waals surface area contributed by atoms with Gasteiger partial charge >= 0.3 is 0 Å². The van der Waals surface area contributed by atoms with Crippen LogP contribution in [0.3, 0.4) is 0 Å². The van der Waals surface area contributed by atoms with Gasteiger partial charge in [-0.1, -0.05) is 12.1 Å². The van der Waals surface area contributed by atoms with Crippen LogP contribution in [0.2, 0.25) is 0 Å². The molecule has 1 atom stereocenters. The highest BCUT2D eigenvalue weighted by atomic mass is 16.5. The topological polar surface area (TPSA) is 106 Å². The van der Waals surface area contributed by atoms with E-state index in [0.29, 0.717) is 18.2 Å². The van der Waals surface area contributed by atoms with Crippen LogP contribution in [0.5, 0.6) is 5.75 Å². The van der Waals surface area contributed by atoms with Crippen molar-refractivity contribution >= 4 is 5.91 Å². The minimum Gasteiger partial charge on any atom is -0.484 e. The van der Waals surface area contributed by atoms with Gasteiger partial charge in [0.2, 0.25) is 0 Å². The number of carbonyl (C=O) groups is 1. The fourth-order valence-electron chi connectivity index (χ4n) is 2.65. The van der Waals surface area contributed by atoms with Crippen molar-refractivity contribution in [2.75, 3.05) is 26.3 Å². The number of rotatable bonds is 6. The number of H-pyrrole nitrogens is 1. The van der Waals surface area contributed by atoms with E-state index in [4.69, 9.17) is 15.2 Å². The quantitative estimate of drug-likeness (QED) is 0.801. The van der Waals surface area contributed by atoms with Gasteiger partial charge in [0.1, 0.15) is 17.7 Å². The number of amides is 1. The van der Waals surface area contributed by atoms with E-state index in [1.807, 2.05) is 31.2 Å². The Balaban J connectivity index is 1.61. The number of aromatic amines is 1. The van der Waals surface area contributed by atoms with Crippen LogP contribution in [0, 0.1) is 6.92 Å². The number of aryl methyl sites for hydroxylation is 1. The lowest BCUT2D eigenvalue weighted by Crippen LogP contribution is -2.38. The number of morpholine rings is 1. The van der Waals surface area contributed by atoms with Crippen LogP contribution in [-0.2, 0) is 16.1 Å². The van der Waals surface area contributed by atoms with Crippen molar-refractivity contribution in [3.8, 4) is 5.75 Å². The molecule has 24 heavy (non-hydrogen) atoms. The Morgan fingerprint density at radius 2 is 2.42 bits per heavy atom. The Hall–Kier alpha value is -2.45. The van der Waals surface area contributed by atoms with Crippen molar-refractivity contribution in [3.63, 3.8) is 0 Å². The van der Waals surface area contributed by atoms with E-state index < -0.39 is 5.91 Å². The Labute approximate surface area is 140 Å². The Bertz CT molecular complexity index is 703. The molecule has 0 bridgehead atoms. The smallest absolute Gasteiger partial charge is 0.255 e. The largest absolute Gasteiger partial charge is 0.484 e. The first-order valence-electron chi connectivity index (χ1n) is 7.83. The van der Waals surface area contributed by atoms with Gasteiger partial charge in [-0.3, -0.25) is 14.8 Å². The molecule has 8 nitrogen and oxygen atoms in total. The summed E-state index contributed by atoms with van der Waals surface area (Å²) in [5.74, 6) is 1.62. The second kappa shape index (κ2) is 7.41. The molecule has 8 heteroatoms. The lowest BCUT2D eigenvalue weighted by molar-refractivity contribution is -0.119. The summed E-state index contributed by atoms with van der Waals surface area (Å²) < 4.78 is 11.1. The molecule has 0 radical (unpaired) electrons. The first-order valence-corrected chi connectivity index (χ1v) is 7.83. The number of hydrogen-bond acceptors (Lipinski definition) is 6. The molecule has 128 valence electrons. The van der Waals surface area contributed by atoms with Crippen LogP contribution >= 0.6 is 0 Å². The molecule has 3 N–H and O–H groups in total. The van der Waals surface area contributed by atoms with Crippen molar-refractivity contribution in [1.29, 1.82) is 0 Å². The molecule has 2 aromatic rings. The van der Waals surface area contributed by atoms with Crippen molar-refractivity contribution in [2.45, 2.75) is 19.6 Å². The van der Waals surface area contributed by atoms with E-state index in [2.05, 4.69) is 20.1 Å². The molecule has 1 fully saturated rings. The number of hydrogen-bond donors (Lipinski definition) is 2. The molecule has 0 spiro atoms. The zero-order valence-electron chi connectivity index (χ0n) is 13.6. The maximum Gasteiger partial charge on any atom is 0.255 e. The van der Waals surface area contributed by atoms with E-state index in [1.54, 1.807) is 0 Å². The summed E-state index contributed by atoms with van der Waals surface area (Å²) in [5.41, 5.74) is 6.20. The first-order chi connectivity index (χ1) is 11.6. The maximum atomic E-state index is 10.8. The summed E-state index contributed by atoms with van der Waals surface area (Å²) in [6.07, 6.45) is -0.127. The van der Waals surface area contributed by atoms with Crippen molar-refractivity contribution in [1.82, 2.24) is 20.1 Å². The summed E-state index contributed by atoms with van der Waals surface area (Å²) in [7, 11) is 0. The standard InChI is InChI=1S/C16H21N5O3/c1-11-18-16(20-19-11)14-9-21(5-6-23-14)8-12-3-2-4-13(7-12)24-10-15(17)22/h2-4,7,14H,5-6,8-10H2,1H3,(H2,17,22)(H,18,19,20). The SMILES string of the molecule is Cc1nc(C2CN(Cc3cccc(OCC(N)=O)c3)CCO2)n[nH]1. The lowest BCUT2D eigenvalue weighted by Gasteiger charge is -2.31. The third kappa shape index (κ3) is 4.30. The van der Waals surface area contributed by atoms with Gasteiger partial charge in [0.15, 0.2) is 12.4 Å².